The summed E-state index contributed by atoms with van der Waals surface area (Å²) in [5, 5.41) is 7.23. The summed E-state index contributed by atoms with van der Waals surface area (Å²) in [4.78, 5) is 24.5. The molecule has 0 spiro atoms. The fourth-order valence-corrected chi connectivity index (χ4v) is 2.77. The number of nitrogens with zero attached hydrogens (tertiary/aromatic N) is 3. The molecule has 3 aromatic rings. The lowest BCUT2D eigenvalue weighted by Crippen LogP contribution is -2.13. The molecule has 0 aliphatic carbocycles. The topological polar surface area (TPSA) is 79.8 Å². The van der Waals surface area contributed by atoms with Gasteiger partial charge in [-0.1, -0.05) is 18.2 Å². The highest BCUT2D eigenvalue weighted by Crippen LogP contribution is 2.25. The van der Waals surface area contributed by atoms with E-state index in [2.05, 4.69) is 31.7 Å². The Bertz CT molecular complexity index is 908. The van der Waals surface area contributed by atoms with Crippen LogP contribution in [-0.4, -0.2) is 20.9 Å². The maximum Gasteiger partial charge on any atom is 0.270 e. The van der Waals surface area contributed by atoms with Crippen molar-refractivity contribution in [2.24, 2.45) is 0 Å². The number of carbonyl (C=O) groups is 1. The first-order chi connectivity index (χ1) is 11.2. The third-order valence-corrected chi connectivity index (χ3v) is 4.05. The van der Waals surface area contributed by atoms with E-state index in [9.17, 15) is 4.79 Å². The van der Waals surface area contributed by atoms with Crippen molar-refractivity contribution in [3.05, 3.63) is 59.7 Å². The van der Waals surface area contributed by atoms with Crippen molar-refractivity contribution < 1.29 is 4.79 Å². The molecule has 0 bridgehead atoms. The standard InChI is InChI=1S/C17H15N5O/c1-10(12-6-11-4-2-3-5-14(11)18-7-12)22-16-13-8-19-17(23)15(13)20-9-21-16/h2-7,9-10H,8H2,1H3,(H,19,23)(H,20,21,22). The number of hydrogen-bond acceptors (Lipinski definition) is 5. The Balaban J connectivity index is 1.65. The second-order valence-corrected chi connectivity index (χ2v) is 5.56. The Morgan fingerprint density at radius 3 is 3.00 bits per heavy atom. The molecule has 1 aromatic carbocycles. The van der Waals surface area contributed by atoms with Gasteiger partial charge in [0.1, 0.15) is 17.8 Å². The molecule has 3 heterocycles. The van der Waals surface area contributed by atoms with Crippen molar-refractivity contribution >= 4 is 22.6 Å². The molecule has 1 unspecified atom stereocenters. The van der Waals surface area contributed by atoms with Gasteiger partial charge in [0.2, 0.25) is 0 Å². The highest BCUT2D eigenvalue weighted by Gasteiger charge is 2.24. The van der Waals surface area contributed by atoms with E-state index in [0.29, 0.717) is 18.1 Å². The quantitative estimate of drug-likeness (QED) is 0.777. The van der Waals surface area contributed by atoms with Gasteiger partial charge in [-0.2, -0.15) is 0 Å². The number of benzene rings is 1. The lowest BCUT2D eigenvalue weighted by molar-refractivity contribution is 0.0961. The molecule has 4 rings (SSSR count). The number of nitrogens with one attached hydrogen (secondary N) is 2. The van der Waals surface area contributed by atoms with E-state index in [-0.39, 0.29) is 11.9 Å². The van der Waals surface area contributed by atoms with Crippen LogP contribution in [0.3, 0.4) is 0 Å². The molecule has 23 heavy (non-hydrogen) atoms. The SMILES string of the molecule is CC(Nc1ncnc2c1CNC2=O)c1cnc2ccccc2c1. The Morgan fingerprint density at radius 2 is 2.09 bits per heavy atom. The molecule has 1 aliphatic heterocycles. The maximum atomic E-state index is 11.7. The van der Waals surface area contributed by atoms with Crippen LogP contribution in [-0.2, 0) is 6.54 Å². The van der Waals surface area contributed by atoms with Crippen molar-refractivity contribution in [3.63, 3.8) is 0 Å². The van der Waals surface area contributed by atoms with Crippen molar-refractivity contribution in [2.45, 2.75) is 19.5 Å². The van der Waals surface area contributed by atoms with Crippen LogP contribution in [0.5, 0.6) is 0 Å². The first-order valence-corrected chi connectivity index (χ1v) is 7.45. The number of anilines is 1. The second-order valence-electron chi connectivity index (χ2n) is 5.56. The lowest BCUT2D eigenvalue weighted by Gasteiger charge is -2.16. The second kappa shape index (κ2) is 5.31. The summed E-state index contributed by atoms with van der Waals surface area (Å²) >= 11 is 0. The van der Waals surface area contributed by atoms with E-state index in [1.54, 1.807) is 0 Å². The maximum absolute atomic E-state index is 11.7. The van der Waals surface area contributed by atoms with Crippen LogP contribution in [0.1, 0.15) is 34.6 Å². The van der Waals surface area contributed by atoms with Crippen molar-refractivity contribution in [1.29, 1.82) is 0 Å². The highest BCUT2D eigenvalue weighted by molar-refractivity contribution is 5.97. The van der Waals surface area contributed by atoms with Gasteiger partial charge in [0.15, 0.2) is 0 Å². The molecule has 1 aliphatic rings. The van der Waals surface area contributed by atoms with Crippen molar-refractivity contribution in [1.82, 2.24) is 20.3 Å². The molecule has 1 amide bonds. The van der Waals surface area contributed by atoms with Crippen LogP contribution in [0.4, 0.5) is 5.82 Å². The number of hydrogen-bond donors (Lipinski definition) is 2. The van der Waals surface area contributed by atoms with Gasteiger partial charge >= 0.3 is 0 Å². The van der Waals surface area contributed by atoms with Gasteiger partial charge in [-0.3, -0.25) is 9.78 Å². The summed E-state index contributed by atoms with van der Waals surface area (Å²) in [6.07, 6.45) is 3.28. The van der Waals surface area contributed by atoms with Crippen LogP contribution in [0.15, 0.2) is 42.9 Å². The van der Waals surface area contributed by atoms with Crippen molar-refractivity contribution in [3.8, 4) is 0 Å². The fraction of sp³-hybridized carbons (Fsp3) is 0.176. The van der Waals surface area contributed by atoms with Crippen LogP contribution in [0.2, 0.25) is 0 Å². The average Bonchev–Trinajstić information content (AvgIpc) is 2.97. The molecule has 6 nitrogen and oxygen atoms in total. The van der Waals surface area contributed by atoms with Gasteiger partial charge in [-0.05, 0) is 24.6 Å². The first-order valence-electron chi connectivity index (χ1n) is 7.45. The monoisotopic (exact) mass is 305 g/mol. The van der Waals surface area contributed by atoms with E-state index in [4.69, 9.17) is 0 Å². The molecule has 0 radical (unpaired) electrons. The summed E-state index contributed by atoms with van der Waals surface area (Å²) in [5.74, 6) is 0.541. The van der Waals surface area contributed by atoms with Gasteiger partial charge in [0, 0.05) is 23.7 Å². The number of amides is 1. The van der Waals surface area contributed by atoms with Gasteiger partial charge in [0.25, 0.3) is 5.91 Å². The normalized spacial score (nSPS) is 14.4. The van der Waals surface area contributed by atoms with E-state index < -0.39 is 0 Å². The Morgan fingerprint density at radius 1 is 1.22 bits per heavy atom. The molecular formula is C17H15N5O. The summed E-state index contributed by atoms with van der Waals surface area (Å²) in [6, 6.07) is 10.1. The number of aromatic nitrogens is 3. The molecule has 1 atom stereocenters. The van der Waals surface area contributed by atoms with Gasteiger partial charge in [-0.15, -0.1) is 0 Å². The number of fused-ring (bicyclic) bond motifs is 2. The lowest BCUT2D eigenvalue weighted by atomic mass is 10.1. The number of para-hydroxylation sites is 1. The summed E-state index contributed by atoms with van der Waals surface area (Å²) in [6.45, 7) is 2.50. The Labute approximate surface area is 133 Å². The Hall–Kier alpha value is -3.02. The fourth-order valence-electron chi connectivity index (χ4n) is 2.77. The Kier molecular flexibility index (Phi) is 3.15. The highest BCUT2D eigenvalue weighted by atomic mass is 16.2. The molecule has 2 N–H and O–H groups in total. The zero-order valence-corrected chi connectivity index (χ0v) is 12.6. The third kappa shape index (κ3) is 2.38. The smallest absolute Gasteiger partial charge is 0.270 e. The predicted octanol–water partition coefficient (Wildman–Crippen LogP) is 2.44. The molecular weight excluding hydrogens is 290 g/mol. The minimum atomic E-state index is -0.148. The number of pyridine rings is 1. The van der Waals surface area contributed by atoms with Crippen LogP contribution < -0.4 is 10.6 Å². The number of rotatable bonds is 3. The van der Waals surface area contributed by atoms with Gasteiger partial charge in [-0.25, -0.2) is 9.97 Å². The largest absolute Gasteiger partial charge is 0.363 e. The minimum Gasteiger partial charge on any atom is -0.363 e. The zero-order chi connectivity index (χ0) is 15.8. The van der Waals surface area contributed by atoms with Crippen LogP contribution >= 0.6 is 0 Å². The van der Waals surface area contributed by atoms with Gasteiger partial charge < -0.3 is 10.6 Å². The van der Waals surface area contributed by atoms with E-state index in [1.165, 1.54) is 6.33 Å². The predicted molar refractivity (Wildman–Crippen MR) is 87.0 cm³/mol. The van der Waals surface area contributed by atoms with Crippen molar-refractivity contribution in [2.75, 3.05) is 5.32 Å². The van der Waals surface area contributed by atoms with Gasteiger partial charge in [0.05, 0.1) is 11.6 Å². The molecule has 0 saturated carbocycles. The minimum absolute atomic E-state index is 0.0156. The molecule has 0 fully saturated rings. The molecule has 6 heteroatoms. The zero-order valence-electron chi connectivity index (χ0n) is 12.6. The molecule has 114 valence electrons. The summed E-state index contributed by atoms with van der Waals surface area (Å²) in [5.41, 5.74) is 3.30. The average molecular weight is 305 g/mol. The van der Waals surface area contributed by atoms with E-state index >= 15 is 0 Å². The third-order valence-electron chi connectivity index (χ3n) is 4.05. The summed E-state index contributed by atoms with van der Waals surface area (Å²) < 4.78 is 0. The van der Waals surface area contributed by atoms with Crippen LogP contribution in [0, 0.1) is 0 Å². The van der Waals surface area contributed by atoms with E-state index in [1.807, 2.05) is 37.4 Å². The van der Waals surface area contributed by atoms with E-state index in [0.717, 1.165) is 22.0 Å². The number of carbonyl (C=O) groups excluding carboxylic acids is 1. The molecule has 2 aromatic heterocycles. The summed E-state index contributed by atoms with van der Waals surface area (Å²) in [7, 11) is 0. The molecule has 0 saturated heterocycles. The van der Waals surface area contributed by atoms with Crippen LogP contribution in [0.25, 0.3) is 10.9 Å². The first kappa shape index (κ1) is 13.6.